The first-order valence-corrected chi connectivity index (χ1v) is 7.76. The average molecular weight is 319 g/mol. The van der Waals surface area contributed by atoms with E-state index < -0.39 is 0 Å². The van der Waals surface area contributed by atoms with Crippen LogP contribution in [0, 0.1) is 0 Å². The Morgan fingerprint density at radius 2 is 1.67 bits per heavy atom. The molecule has 0 bridgehead atoms. The van der Waals surface area contributed by atoms with Gasteiger partial charge in [-0.3, -0.25) is 4.79 Å². The van der Waals surface area contributed by atoms with Crippen LogP contribution in [0.5, 0.6) is 0 Å². The number of hydrogen-bond acceptors (Lipinski definition) is 3. The standard InChI is InChI=1S/C20H21N3O/c1-17(10-8-9-13-18-11-4-2-5-12-18)22-23-20(24)16-21-19-14-6-3-7-15-19/h2-15,21H,16H2,1H3,(H,23,24)/b10-8+,13-9+,22-17-. The molecule has 0 aromatic heterocycles. The van der Waals surface area contributed by atoms with Gasteiger partial charge < -0.3 is 5.32 Å². The molecule has 0 spiro atoms. The first-order valence-electron chi connectivity index (χ1n) is 7.76. The van der Waals surface area contributed by atoms with Gasteiger partial charge in [-0.25, -0.2) is 5.43 Å². The van der Waals surface area contributed by atoms with Crippen molar-refractivity contribution in [1.82, 2.24) is 5.43 Å². The van der Waals surface area contributed by atoms with Crippen molar-refractivity contribution in [2.45, 2.75) is 6.92 Å². The minimum Gasteiger partial charge on any atom is -0.376 e. The van der Waals surface area contributed by atoms with Crippen LogP contribution in [0.4, 0.5) is 5.69 Å². The van der Waals surface area contributed by atoms with Crippen molar-refractivity contribution in [2.75, 3.05) is 11.9 Å². The number of nitrogens with zero attached hydrogens (tertiary/aromatic N) is 1. The van der Waals surface area contributed by atoms with Gasteiger partial charge in [-0.15, -0.1) is 0 Å². The highest BCUT2D eigenvalue weighted by molar-refractivity contribution is 5.94. The van der Waals surface area contributed by atoms with Crippen LogP contribution in [0.25, 0.3) is 6.08 Å². The Balaban J connectivity index is 1.73. The molecule has 0 saturated heterocycles. The Hall–Kier alpha value is -3.14. The molecule has 1 amide bonds. The molecular formula is C20H21N3O. The predicted octanol–water partition coefficient (Wildman–Crippen LogP) is 3.86. The number of carbonyl (C=O) groups is 1. The fraction of sp³-hybridized carbons (Fsp3) is 0.100. The number of hydrazone groups is 1. The van der Waals surface area contributed by atoms with Crippen molar-refractivity contribution >= 4 is 23.4 Å². The predicted molar refractivity (Wildman–Crippen MR) is 101 cm³/mol. The Bertz CT molecular complexity index is 719. The number of hydrogen-bond donors (Lipinski definition) is 2. The molecule has 0 unspecified atom stereocenters. The maximum absolute atomic E-state index is 11.7. The lowest BCUT2D eigenvalue weighted by molar-refractivity contribution is -0.119. The van der Waals surface area contributed by atoms with Gasteiger partial charge in [0.05, 0.1) is 12.3 Å². The largest absolute Gasteiger partial charge is 0.376 e. The molecule has 0 aliphatic rings. The molecule has 2 aromatic rings. The molecule has 122 valence electrons. The Morgan fingerprint density at radius 3 is 2.38 bits per heavy atom. The molecule has 24 heavy (non-hydrogen) atoms. The van der Waals surface area contributed by atoms with Crippen molar-refractivity contribution in [3.8, 4) is 0 Å². The number of benzene rings is 2. The zero-order valence-corrected chi connectivity index (χ0v) is 13.6. The zero-order chi connectivity index (χ0) is 17.0. The molecule has 0 atom stereocenters. The van der Waals surface area contributed by atoms with E-state index in [2.05, 4.69) is 15.8 Å². The maximum atomic E-state index is 11.7. The SMILES string of the molecule is CC(/C=C/C=C/c1ccccc1)=N/NC(=O)CNc1ccccc1. The Labute approximate surface area is 142 Å². The summed E-state index contributed by atoms with van der Waals surface area (Å²) in [6, 6.07) is 19.6. The molecule has 0 fully saturated rings. The van der Waals surface area contributed by atoms with Crippen LogP contribution in [0.15, 0.2) is 84.0 Å². The third-order valence-corrected chi connectivity index (χ3v) is 3.12. The summed E-state index contributed by atoms with van der Waals surface area (Å²) in [5.74, 6) is -0.188. The van der Waals surface area contributed by atoms with E-state index in [0.29, 0.717) is 0 Å². The number of para-hydroxylation sites is 1. The number of amides is 1. The summed E-state index contributed by atoms with van der Waals surface area (Å²) >= 11 is 0. The van der Waals surface area contributed by atoms with Crippen LogP contribution in [0.2, 0.25) is 0 Å². The second kappa shape index (κ2) is 9.79. The molecule has 2 aromatic carbocycles. The van der Waals surface area contributed by atoms with E-state index >= 15 is 0 Å². The molecule has 4 heteroatoms. The topological polar surface area (TPSA) is 53.5 Å². The molecule has 0 aliphatic heterocycles. The normalized spacial score (nSPS) is 11.8. The molecule has 0 radical (unpaired) electrons. The van der Waals surface area contributed by atoms with Crippen LogP contribution in [-0.4, -0.2) is 18.2 Å². The van der Waals surface area contributed by atoms with Gasteiger partial charge in [0.2, 0.25) is 0 Å². The molecular weight excluding hydrogens is 298 g/mol. The van der Waals surface area contributed by atoms with E-state index in [-0.39, 0.29) is 12.5 Å². The number of allylic oxidation sites excluding steroid dienone is 3. The van der Waals surface area contributed by atoms with Gasteiger partial charge in [0.15, 0.2) is 0 Å². The van der Waals surface area contributed by atoms with E-state index in [9.17, 15) is 4.79 Å². The van der Waals surface area contributed by atoms with Gasteiger partial charge in [0.1, 0.15) is 0 Å². The highest BCUT2D eigenvalue weighted by atomic mass is 16.2. The number of nitrogens with one attached hydrogen (secondary N) is 2. The van der Waals surface area contributed by atoms with Crippen LogP contribution in [-0.2, 0) is 4.79 Å². The van der Waals surface area contributed by atoms with Crippen molar-refractivity contribution in [3.05, 3.63) is 84.5 Å². The highest BCUT2D eigenvalue weighted by Gasteiger charge is 1.98. The minimum absolute atomic E-state index is 0.179. The van der Waals surface area contributed by atoms with Crippen LogP contribution in [0.3, 0.4) is 0 Å². The molecule has 0 saturated carbocycles. The van der Waals surface area contributed by atoms with Crippen molar-refractivity contribution in [3.63, 3.8) is 0 Å². The van der Waals surface area contributed by atoms with Gasteiger partial charge in [-0.1, -0.05) is 66.8 Å². The fourth-order valence-electron chi connectivity index (χ4n) is 1.89. The van der Waals surface area contributed by atoms with Crippen molar-refractivity contribution in [1.29, 1.82) is 0 Å². The summed E-state index contributed by atoms with van der Waals surface area (Å²) in [6.45, 7) is 2.01. The van der Waals surface area contributed by atoms with Gasteiger partial charge in [-0.05, 0) is 30.7 Å². The third kappa shape index (κ3) is 6.75. The van der Waals surface area contributed by atoms with Gasteiger partial charge in [0, 0.05) is 5.69 Å². The summed E-state index contributed by atoms with van der Waals surface area (Å²) in [6.07, 6.45) is 7.67. The van der Waals surface area contributed by atoms with Crippen LogP contribution < -0.4 is 10.7 Å². The fourth-order valence-corrected chi connectivity index (χ4v) is 1.89. The quantitative estimate of drug-likeness (QED) is 0.462. The Kier molecular flexibility index (Phi) is 7.02. The molecule has 4 nitrogen and oxygen atoms in total. The summed E-state index contributed by atoms with van der Waals surface area (Å²) < 4.78 is 0. The molecule has 2 rings (SSSR count). The number of carbonyl (C=O) groups excluding carboxylic acids is 1. The maximum Gasteiger partial charge on any atom is 0.259 e. The van der Waals surface area contributed by atoms with Crippen molar-refractivity contribution < 1.29 is 4.79 Å². The summed E-state index contributed by atoms with van der Waals surface area (Å²) in [7, 11) is 0. The smallest absolute Gasteiger partial charge is 0.259 e. The van der Waals surface area contributed by atoms with E-state index in [1.165, 1.54) is 0 Å². The number of rotatable bonds is 7. The summed E-state index contributed by atoms with van der Waals surface area (Å²) in [4.78, 5) is 11.7. The highest BCUT2D eigenvalue weighted by Crippen LogP contribution is 2.03. The van der Waals surface area contributed by atoms with Crippen molar-refractivity contribution in [2.24, 2.45) is 5.10 Å². The lowest BCUT2D eigenvalue weighted by Gasteiger charge is -2.04. The van der Waals surface area contributed by atoms with E-state index in [1.807, 2.05) is 91.9 Å². The second-order valence-corrected chi connectivity index (χ2v) is 5.14. The zero-order valence-electron chi connectivity index (χ0n) is 13.6. The lowest BCUT2D eigenvalue weighted by Crippen LogP contribution is -2.26. The van der Waals surface area contributed by atoms with Crippen LogP contribution in [0.1, 0.15) is 12.5 Å². The first-order chi connectivity index (χ1) is 11.7. The summed E-state index contributed by atoms with van der Waals surface area (Å²) in [5, 5.41) is 7.07. The monoisotopic (exact) mass is 319 g/mol. The third-order valence-electron chi connectivity index (χ3n) is 3.12. The average Bonchev–Trinajstić information content (AvgIpc) is 2.63. The first kappa shape index (κ1) is 17.2. The van der Waals surface area contributed by atoms with Crippen LogP contribution >= 0.6 is 0 Å². The van der Waals surface area contributed by atoms with E-state index in [4.69, 9.17) is 0 Å². The Morgan fingerprint density at radius 1 is 1.00 bits per heavy atom. The lowest BCUT2D eigenvalue weighted by atomic mass is 10.2. The van der Waals surface area contributed by atoms with Gasteiger partial charge >= 0.3 is 0 Å². The second-order valence-electron chi connectivity index (χ2n) is 5.14. The molecule has 0 aliphatic carbocycles. The summed E-state index contributed by atoms with van der Waals surface area (Å²) in [5.41, 5.74) is 5.28. The molecule has 0 heterocycles. The van der Waals surface area contributed by atoms with E-state index in [1.54, 1.807) is 0 Å². The van der Waals surface area contributed by atoms with Gasteiger partial charge in [-0.2, -0.15) is 5.10 Å². The minimum atomic E-state index is -0.188. The van der Waals surface area contributed by atoms with E-state index in [0.717, 1.165) is 17.0 Å². The molecule has 2 N–H and O–H groups in total. The number of anilines is 1. The van der Waals surface area contributed by atoms with Gasteiger partial charge in [0.25, 0.3) is 5.91 Å².